The van der Waals surface area contributed by atoms with Gasteiger partial charge in [0.1, 0.15) is 5.69 Å². The molecule has 0 aromatic heterocycles. The molecule has 0 bridgehead atoms. The number of hydrogen-bond acceptors (Lipinski definition) is 6. The molecule has 0 radical (unpaired) electrons. The van der Waals surface area contributed by atoms with E-state index in [0.717, 1.165) is 37.9 Å². The average Bonchev–Trinajstić information content (AvgIpc) is 2.47. The monoisotopic (exact) mass is 294 g/mol. The van der Waals surface area contributed by atoms with Crippen LogP contribution in [0.25, 0.3) is 0 Å². The summed E-state index contributed by atoms with van der Waals surface area (Å²) in [6.45, 7) is 2.72. The van der Waals surface area contributed by atoms with Gasteiger partial charge in [-0.05, 0) is 37.3 Å². The van der Waals surface area contributed by atoms with Gasteiger partial charge in [0, 0.05) is 25.8 Å². The quantitative estimate of drug-likeness (QED) is 0.417. The topological polar surface area (TPSA) is 105 Å². The Morgan fingerprint density at radius 2 is 2.33 bits per heavy atom. The summed E-state index contributed by atoms with van der Waals surface area (Å²) in [6, 6.07) is 4.99. The molecule has 1 atom stereocenters. The number of hydrazine groups is 1. The Kier molecular flexibility index (Phi) is 5.49. The first-order chi connectivity index (χ1) is 10.2. The van der Waals surface area contributed by atoms with Gasteiger partial charge in [-0.25, -0.2) is 0 Å². The Bertz CT molecular complexity index is 493. The Morgan fingerprint density at radius 3 is 3.00 bits per heavy atom. The number of aliphatic hydroxyl groups is 1. The first-order valence-corrected chi connectivity index (χ1v) is 7.21. The number of nitrogen functional groups attached to an aromatic ring is 1. The number of rotatable bonds is 6. The van der Waals surface area contributed by atoms with Crippen LogP contribution < -0.4 is 11.3 Å². The maximum atomic E-state index is 11.0. The Labute approximate surface area is 123 Å². The van der Waals surface area contributed by atoms with Gasteiger partial charge in [0.05, 0.1) is 4.92 Å². The van der Waals surface area contributed by atoms with Crippen molar-refractivity contribution in [1.29, 1.82) is 0 Å². The van der Waals surface area contributed by atoms with E-state index >= 15 is 0 Å². The second-order valence-electron chi connectivity index (χ2n) is 5.47. The van der Waals surface area contributed by atoms with Gasteiger partial charge in [0.15, 0.2) is 0 Å². The van der Waals surface area contributed by atoms with Crippen molar-refractivity contribution in [3.63, 3.8) is 0 Å². The van der Waals surface area contributed by atoms with Crippen molar-refractivity contribution >= 4 is 11.4 Å². The van der Waals surface area contributed by atoms with E-state index < -0.39 is 4.92 Å². The fraction of sp³-hybridized carbons (Fsp3) is 0.571. The third-order valence-electron chi connectivity index (χ3n) is 4.00. The third-order valence-corrected chi connectivity index (χ3v) is 4.00. The second kappa shape index (κ2) is 7.35. The van der Waals surface area contributed by atoms with Crippen molar-refractivity contribution in [1.82, 2.24) is 4.90 Å². The van der Waals surface area contributed by atoms with E-state index in [4.69, 9.17) is 10.9 Å². The second-order valence-corrected chi connectivity index (χ2v) is 5.47. The fourth-order valence-corrected chi connectivity index (χ4v) is 2.99. The molecule has 1 aliphatic heterocycles. The lowest BCUT2D eigenvalue weighted by molar-refractivity contribution is -0.384. The summed E-state index contributed by atoms with van der Waals surface area (Å²) in [4.78, 5) is 12.9. The summed E-state index contributed by atoms with van der Waals surface area (Å²) in [7, 11) is 0. The molecule has 1 aliphatic rings. The number of piperidine rings is 1. The van der Waals surface area contributed by atoms with E-state index in [9.17, 15) is 10.1 Å². The van der Waals surface area contributed by atoms with Crippen LogP contribution in [0.5, 0.6) is 0 Å². The number of nitrogens with two attached hydrogens (primary N) is 1. The van der Waals surface area contributed by atoms with E-state index in [1.54, 1.807) is 6.07 Å². The minimum absolute atomic E-state index is 0.00100. The molecule has 4 N–H and O–H groups in total. The van der Waals surface area contributed by atoms with E-state index in [0.29, 0.717) is 18.2 Å². The number of nitro groups is 1. The van der Waals surface area contributed by atoms with Gasteiger partial charge in [-0.15, -0.1) is 0 Å². The molecule has 7 nitrogen and oxygen atoms in total. The normalized spacial score (nSPS) is 19.4. The molecule has 21 heavy (non-hydrogen) atoms. The molecule has 1 heterocycles. The van der Waals surface area contributed by atoms with Gasteiger partial charge in [-0.1, -0.05) is 12.1 Å². The zero-order chi connectivity index (χ0) is 15.2. The number of nitrogens with zero attached hydrogens (tertiary/aromatic N) is 2. The van der Waals surface area contributed by atoms with E-state index in [1.807, 2.05) is 6.07 Å². The van der Waals surface area contributed by atoms with Crippen LogP contribution in [0.2, 0.25) is 0 Å². The van der Waals surface area contributed by atoms with Gasteiger partial charge in [0.25, 0.3) is 5.69 Å². The summed E-state index contributed by atoms with van der Waals surface area (Å²) in [5.74, 6) is 5.96. The maximum absolute atomic E-state index is 11.0. The van der Waals surface area contributed by atoms with Crippen LogP contribution in [0, 0.1) is 16.0 Å². The predicted octanol–water partition coefficient (Wildman–Crippen LogP) is 1.47. The highest BCUT2D eigenvalue weighted by Gasteiger charge is 2.22. The third kappa shape index (κ3) is 3.90. The highest BCUT2D eigenvalue weighted by molar-refractivity contribution is 5.65. The zero-order valence-corrected chi connectivity index (χ0v) is 12.0. The average molecular weight is 294 g/mol. The van der Waals surface area contributed by atoms with Crippen LogP contribution in [0.4, 0.5) is 11.4 Å². The van der Waals surface area contributed by atoms with Crippen molar-refractivity contribution in [2.24, 2.45) is 11.8 Å². The van der Waals surface area contributed by atoms with E-state index in [1.165, 1.54) is 6.07 Å². The number of nitro benzene ring substituents is 1. The number of nitrogens with one attached hydrogen (secondary N) is 1. The summed E-state index contributed by atoms with van der Waals surface area (Å²) < 4.78 is 0. The van der Waals surface area contributed by atoms with Crippen molar-refractivity contribution in [2.45, 2.75) is 25.8 Å². The van der Waals surface area contributed by atoms with Crippen LogP contribution >= 0.6 is 0 Å². The lowest BCUT2D eigenvalue weighted by Gasteiger charge is -2.32. The van der Waals surface area contributed by atoms with Crippen LogP contribution in [0.15, 0.2) is 18.2 Å². The van der Waals surface area contributed by atoms with Crippen molar-refractivity contribution < 1.29 is 10.0 Å². The summed E-state index contributed by atoms with van der Waals surface area (Å²) in [6.07, 6.45) is 3.03. The first kappa shape index (κ1) is 15.7. The van der Waals surface area contributed by atoms with Gasteiger partial charge in [-0.3, -0.25) is 20.9 Å². The molecule has 2 rings (SSSR count). The summed E-state index contributed by atoms with van der Waals surface area (Å²) in [5.41, 5.74) is 3.67. The Morgan fingerprint density at radius 1 is 1.52 bits per heavy atom. The van der Waals surface area contributed by atoms with Crippen molar-refractivity contribution in [3.8, 4) is 0 Å². The number of para-hydroxylation sites is 1. The lowest BCUT2D eigenvalue weighted by Crippen LogP contribution is -2.35. The largest absolute Gasteiger partial charge is 0.396 e. The van der Waals surface area contributed by atoms with E-state index in [-0.39, 0.29) is 12.3 Å². The number of benzene rings is 1. The minimum Gasteiger partial charge on any atom is -0.396 e. The molecule has 1 aromatic carbocycles. The lowest BCUT2D eigenvalue weighted by atomic mass is 9.94. The minimum atomic E-state index is -0.427. The molecule has 1 aromatic rings. The SMILES string of the molecule is NNc1c(CN2CCCC(CCO)C2)cccc1[N+](=O)[O-]. The fourth-order valence-electron chi connectivity index (χ4n) is 2.99. The molecular formula is C14H22N4O3. The molecule has 116 valence electrons. The van der Waals surface area contributed by atoms with Gasteiger partial charge in [0.2, 0.25) is 0 Å². The van der Waals surface area contributed by atoms with Crippen molar-refractivity contribution in [2.75, 3.05) is 25.1 Å². The summed E-state index contributed by atoms with van der Waals surface area (Å²) in [5, 5.41) is 20.1. The molecule has 1 unspecified atom stereocenters. The first-order valence-electron chi connectivity index (χ1n) is 7.21. The van der Waals surface area contributed by atoms with Crippen LogP contribution in [-0.4, -0.2) is 34.6 Å². The zero-order valence-electron chi connectivity index (χ0n) is 12.0. The Hall–Kier alpha value is -1.70. The maximum Gasteiger partial charge on any atom is 0.293 e. The van der Waals surface area contributed by atoms with Crippen LogP contribution in [0.1, 0.15) is 24.8 Å². The van der Waals surface area contributed by atoms with Gasteiger partial charge in [-0.2, -0.15) is 0 Å². The van der Waals surface area contributed by atoms with Gasteiger partial charge < -0.3 is 10.5 Å². The highest BCUT2D eigenvalue weighted by atomic mass is 16.6. The molecular weight excluding hydrogens is 272 g/mol. The van der Waals surface area contributed by atoms with Gasteiger partial charge >= 0.3 is 0 Å². The molecule has 7 heteroatoms. The Balaban J connectivity index is 2.12. The number of hydrogen-bond donors (Lipinski definition) is 3. The highest BCUT2D eigenvalue weighted by Crippen LogP contribution is 2.29. The molecule has 1 saturated heterocycles. The van der Waals surface area contributed by atoms with Crippen molar-refractivity contribution in [3.05, 3.63) is 33.9 Å². The molecule has 0 aliphatic carbocycles. The van der Waals surface area contributed by atoms with Crippen LogP contribution in [0.3, 0.4) is 0 Å². The van der Waals surface area contributed by atoms with Crippen LogP contribution in [-0.2, 0) is 6.54 Å². The molecule has 1 fully saturated rings. The smallest absolute Gasteiger partial charge is 0.293 e. The molecule has 0 amide bonds. The summed E-state index contributed by atoms with van der Waals surface area (Å²) >= 11 is 0. The van der Waals surface area contributed by atoms with E-state index in [2.05, 4.69) is 10.3 Å². The molecule has 0 spiro atoms. The number of likely N-dealkylation sites (tertiary alicyclic amines) is 1. The molecule has 0 saturated carbocycles. The standard InChI is InChI=1S/C14H22N4O3/c15-16-14-12(4-1-5-13(14)18(20)21)10-17-7-2-3-11(9-17)6-8-19/h1,4-5,11,16,19H,2-3,6-10,15H2. The number of aliphatic hydroxyl groups excluding tert-OH is 1. The predicted molar refractivity (Wildman–Crippen MR) is 80.6 cm³/mol. The number of anilines is 1.